The Morgan fingerprint density at radius 2 is 1.77 bits per heavy atom. The van der Waals surface area contributed by atoms with Gasteiger partial charge >= 0.3 is 0 Å². The summed E-state index contributed by atoms with van der Waals surface area (Å²) in [4.78, 5) is 4.74. The predicted molar refractivity (Wildman–Crippen MR) is 131 cm³/mol. The van der Waals surface area contributed by atoms with Crippen molar-refractivity contribution in [2.45, 2.75) is 38.3 Å². The van der Waals surface area contributed by atoms with Crippen LogP contribution in [0.15, 0.2) is 59.6 Å². The van der Waals surface area contributed by atoms with Crippen LogP contribution in [0.25, 0.3) is 0 Å². The number of guanidine groups is 1. The van der Waals surface area contributed by atoms with Gasteiger partial charge in [0.15, 0.2) is 11.8 Å². The third-order valence-corrected chi connectivity index (χ3v) is 5.75. The first-order valence-corrected chi connectivity index (χ1v) is 10.2. The van der Waals surface area contributed by atoms with Gasteiger partial charge in [-0.1, -0.05) is 48.5 Å². The van der Waals surface area contributed by atoms with Gasteiger partial charge in [0.2, 0.25) is 0 Å². The number of aliphatic imine (C=N–C) groups is 1. The molecule has 6 nitrogen and oxygen atoms in total. The summed E-state index contributed by atoms with van der Waals surface area (Å²) in [6.07, 6.45) is 1.94. The van der Waals surface area contributed by atoms with E-state index in [2.05, 4.69) is 33.0 Å². The molecule has 0 aliphatic heterocycles. The second-order valence-corrected chi connectivity index (χ2v) is 7.84. The number of halogens is 2. The Bertz CT molecular complexity index is 1030. The van der Waals surface area contributed by atoms with Crippen LogP contribution in [0.2, 0.25) is 0 Å². The van der Waals surface area contributed by atoms with Gasteiger partial charge in [-0.3, -0.25) is 0 Å². The van der Waals surface area contributed by atoms with E-state index in [0.717, 1.165) is 35.6 Å². The zero-order valence-corrected chi connectivity index (χ0v) is 20.1. The highest BCUT2D eigenvalue weighted by Gasteiger charge is 2.45. The molecule has 0 atom stereocenters. The van der Waals surface area contributed by atoms with E-state index in [0.29, 0.717) is 25.6 Å². The summed E-state index contributed by atoms with van der Waals surface area (Å²) in [6, 6.07) is 17.2. The van der Waals surface area contributed by atoms with Crippen LogP contribution in [0.3, 0.4) is 0 Å². The lowest BCUT2D eigenvalue weighted by Crippen LogP contribution is -2.41. The molecule has 1 aliphatic rings. The highest BCUT2D eigenvalue weighted by atomic mass is 127. The number of aromatic nitrogens is 3. The minimum atomic E-state index is -0.165. The Morgan fingerprint density at radius 3 is 2.42 bits per heavy atom. The normalized spacial score (nSPS) is 14.6. The number of aryl methyl sites for hydroxylation is 1. The molecule has 4 rings (SSSR count). The van der Waals surface area contributed by atoms with Gasteiger partial charge in [0.1, 0.15) is 11.6 Å². The Kier molecular flexibility index (Phi) is 7.64. The third-order valence-electron chi connectivity index (χ3n) is 5.75. The van der Waals surface area contributed by atoms with Crippen molar-refractivity contribution in [2.75, 3.05) is 6.54 Å². The van der Waals surface area contributed by atoms with Crippen molar-refractivity contribution in [3.8, 4) is 0 Å². The van der Waals surface area contributed by atoms with E-state index in [4.69, 9.17) is 4.99 Å². The lowest BCUT2D eigenvalue weighted by molar-refractivity contribution is 0.559. The van der Waals surface area contributed by atoms with Gasteiger partial charge in [-0.15, -0.1) is 34.2 Å². The van der Waals surface area contributed by atoms with Gasteiger partial charge in [-0.2, -0.15) is 0 Å². The Morgan fingerprint density at radius 1 is 1.06 bits per heavy atom. The fourth-order valence-electron chi connectivity index (χ4n) is 3.53. The number of rotatable bonds is 7. The zero-order chi connectivity index (χ0) is 21.0. The highest BCUT2D eigenvalue weighted by molar-refractivity contribution is 14.0. The van der Waals surface area contributed by atoms with Crippen molar-refractivity contribution in [1.29, 1.82) is 0 Å². The van der Waals surface area contributed by atoms with Crippen molar-refractivity contribution in [3.05, 3.63) is 83.2 Å². The van der Waals surface area contributed by atoms with Gasteiger partial charge in [0, 0.05) is 19.0 Å². The van der Waals surface area contributed by atoms with Crippen LogP contribution in [-0.2, 0) is 25.6 Å². The molecular formula is C23H28FIN6. The second kappa shape index (κ2) is 10.2. The van der Waals surface area contributed by atoms with Gasteiger partial charge in [0.25, 0.3) is 0 Å². The molecule has 0 saturated heterocycles. The summed E-state index contributed by atoms with van der Waals surface area (Å²) in [5, 5.41) is 15.1. The molecule has 0 bridgehead atoms. The van der Waals surface area contributed by atoms with Crippen LogP contribution in [-0.4, -0.2) is 27.3 Å². The van der Waals surface area contributed by atoms with Crippen LogP contribution >= 0.6 is 24.0 Å². The Labute approximate surface area is 199 Å². The summed E-state index contributed by atoms with van der Waals surface area (Å²) in [5.41, 5.74) is 1.74. The summed E-state index contributed by atoms with van der Waals surface area (Å²) < 4.78 is 16.3. The number of nitrogens with zero attached hydrogens (tertiary/aromatic N) is 4. The SMILES string of the molecule is Cc1nnc(CNC(=NCc2ccccc2)NCC2(c3ccccc3F)CC2)n1C.I. The first-order valence-electron chi connectivity index (χ1n) is 10.2. The molecule has 1 aromatic heterocycles. The first kappa shape index (κ1) is 23.2. The Balaban J connectivity index is 0.00000272. The molecule has 31 heavy (non-hydrogen) atoms. The molecular weight excluding hydrogens is 506 g/mol. The topological polar surface area (TPSA) is 67.1 Å². The molecule has 0 spiro atoms. The first-order chi connectivity index (χ1) is 14.6. The van der Waals surface area contributed by atoms with Crippen LogP contribution in [0.1, 0.15) is 35.6 Å². The number of hydrogen-bond donors (Lipinski definition) is 2. The molecule has 164 valence electrons. The number of benzene rings is 2. The van der Waals surface area contributed by atoms with Crippen molar-refractivity contribution in [1.82, 2.24) is 25.4 Å². The molecule has 1 heterocycles. The quantitative estimate of drug-likeness (QED) is 0.275. The van der Waals surface area contributed by atoms with Gasteiger partial charge in [-0.25, -0.2) is 9.38 Å². The predicted octanol–water partition coefficient (Wildman–Crippen LogP) is 3.85. The van der Waals surface area contributed by atoms with E-state index in [1.54, 1.807) is 6.07 Å². The van der Waals surface area contributed by atoms with Crippen molar-refractivity contribution in [3.63, 3.8) is 0 Å². The maximum absolute atomic E-state index is 14.3. The molecule has 0 radical (unpaired) electrons. The monoisotopic (exact) mass is 534 g/mol. The van der Waals surface area contributed by atoms with Crippen molar-refractivity contribution in [2.24, 2.45) is 12.0 Å². The lowest BCUT2D eigenvalue weighted by Gasteiger charge is -2.20. The second-order valence-electron chi connectivity index (χ2n) is 7.84. The fourth-order valence-corrected chi connectivity index (χ4v) is 3.53. The lowest BCUT2D eigenvalue weighted by atomic mass is 9.95. The fraction of sp³-hybridized carbons (Fsp3) is 0.348. The van der Waals surface area contributed by atoms with Crippen LogP contribution in [0.5, 0.6) is 0 Å². The van der Waals surface area contributed by atoms with E-state index in [-0.39, 0.29) is 35.2 Å². The average Bonchev–Trinajstić information content (AvgIpc) is 3.49. The van der Waals surface area contributed by atoms with E-state index in [1.807, 2.05) is 48.9 Å². The molecule has 0 amide bonds. The average molecular weight is 534 g/mol. The number of hydrogen-bond acceptors (Lipinski definition) is 3. The minimum absolute atomic E-state index is 0. The summed E-state index contributed by atoms with van der Waals surface area (Å²) in [7, 11) is 1.94. The molecule has 1 aliphatic carbocycles. The van der Waals surface area contributed by atoms with E-state index < -0.39 is 0 Å². The molecule has 1 fully saturated rings. The third kappa shape index (κ3) is 5.61. The van der Waals surface area contributed by atoms with Gasteiger partial charge < -0.3 is 15.2 Å². The molecule has 2 aromatic carbocycles. The summed E-state index contributed by atoms with van der Waals surface area (Å²) >= 11 is 0. The number of nitrogens with one attached hydrogen (secondary N) is 2. The molecule has 8 heteroatoms. The Hall–Kier alpha value is -2.49. The van der Waals surface area contributed by atoms with Crippen molar-refractivity contribution < 1.29 is 4.39 Å². The van der Waals surface area contributed by atoms with Gasteiger partial charge in [0.05, 0.1) is 13.1 Å². The summed E-state index contributed by atoms with van der Waals surface area (Å²) in [6.45, 7) is 3.61. The van der Waals surface area contributed by atoms with Crippen LogP contribution in [0, 0.1) is 12.7 Å². The van der Waals surface area contributed by atoms with E-state index >= 15 is 0 Å². The largest absolute Gasteiger partial charge is 0.355 e. The van der Waals surface area contributed by atoms with Crippen LogP contribution < -0.4 is 10.6 Å². The molecule has 3 aromatic rings. The van der Waals surface area contributed by atoms with E-state index in [1.165, 1.54) is 6.07 Å². The molecule has 1 saturated carbocycles. The molecule has 0 unspecified atom stereocenters. The maximum Gasteiger partial charge on any atom is 0.192 e. The van der Waals surface area contributed by atoms with Crippen LogP contribution in [0.4, 0.5) is 4.39 Å². The molecule has 2 N–H and O–H groups in total. The van der Waals surface area contributed by atoms with Gasteiger partial charge in [-0.05, 0) is 37.0 Å². The maximum atomic E-state index is 14.3. The van der Waals surface area contributed by atoms with E-state index in [9.17, 15) is 4.39 Å². The highest BCUT2D eigenvalue weighted by Crippen LogP contribution is 2.48. The summed E-state index contributed by atoms with van der Waals surface area (Å²) in [5.74, 6) is 2.24. The van der Waals surface area contributed by atoms with Crippen molar-refractivity contribution >= 4 is 29.9 Å². The smallest absolute Gasteiger partial charge is 0.192 e. The minimum Gasteiger partial charge on any atom is -0.355 e. The zero-order valence-electron chi connectivity index (χ0n) is 17.8. The standard InChI is InChI=1S/C23H27FN6.HI/c1-17-28-29-21(30(17)2)15-26-22(25-14-18-8-4-3-5-9-18)27-16-23(12-13-23)19-10-6-7-11-20(19)24;/h3-11H,12-16H2,1-2H3,(H2,25,26,27);1H.